The lowest BCUT2D eigenvalue weighted by Gasteiger charge is -2.14. The van der Waals surface area contributed by atoms with E-state index in [1.807, 2.05) is 23.1 Å². The van der Waals surface area contributed by atoms with Gasteiger partial charge >= 0.3 is 0 Å². The van der Waals surface area contributed by atoms with E-state index >= 15 is 0 Å². The highest BCUT2D eigenvalue weighted by Gasteiger charge is 2.24. The highest BCUT2D eigenvalue weighted by Crippen LogP contribution is 2.21. The second-order valence-corrected chi connectivity index (χ2v) is 5.29. The van der Waals surface area contributed by atoms with Gasteiger partial charge in [0.1, 0.15) is 0 Å². The predicted octanol–water partition coefficient (Wildman–Crippen LogP) is 1.92. The number of nitrogens with two attached hydrogens (primary N) is 1. The lowest BCUT2D eigenvalue weighted by molar-refractivity contribution is -0.131. The van der Waals surface area contributed by atoms with Crippen molar-refractivity contribution in [1.29, 1.82) is 0 Å². The third kappa shape index (κ3) is 3.18. The first-order valence-electron chi connectivity index (χ1n) is 7.14. The molecule has 21 heavy (non-hydrogen) atoms. The van der Waals surface area contributed by atoms with Crippen LogP contribution in [0.3, 0.4) is 0 Å². The Balaban J connectivity index is 1.51. The molecule has 5 nitrogen and oxygen atoms in total. The Labute approximate surface area is 123 Å². The number of nitrogens with zero attached hydrogens (tertiary/aromatic N) is 3. The number of hydrogen-bond donors (Lipinski definition) is 1. The fourth-order valence-electron chi connectivity index (χ4n) is 2.59. The molecule has 108 valence electrons. The van der Waals surface area contributed by atoms with Crippen LogP contribution in [0.15, 0.2) is 36.5 Å². The molecule has 0 saturated heterocycles. The van der Waals surface area contributed by atoms with Gasteiger partial charge in [0.2, 0.25) is 11.9 Å². The fraction of sp³-hybridized carbons (Fsp3) is 0.312. The summed E-state index contributed by atoms with van der Waals surface area (Å²) in [6, 6.07) is 10.2. The smallest absolute Gasteiger partial charge is 0.223 e. The number of carbonyl (C=O) groups excluding carboxylic acids is 1. The zero-order valence-electron chi connectivity index (χ0n) is 11.8. The number of aromatic nitrogens is 2. The third-order valence-electron chi connectivity index (χ3n) is 3.73. The summed E-state index contributed by atoms with van der Waals surface area (Å²) in [7, 11) is 0. The van der Waals surface area contributed by atoms with Gasteiger partial charge in [-0.05, 0) is 18.4 Å². The maximum atomic E-state index is 12.2. The summed E-state index contributed by atoms with van der Waals surface area (Å²) in [6.07, 6.45) is 4.07. The Morgan fingerprint density at radius 2 is 2.05 bits per heavy atom. The summed E-state index contributed by atoms with van der Waals surface area (Å²) in [4.78, 5) is 22.2. The minimum Gasteiger partial charge on any atom is -0.368 e. The van der Waals surface area contributed by atoms with E-state index in [0.717, 1.165) is 24.1 Å². The van der Waals surface area contributed by atoms with Crippen molar-refractivity contribution >= 4 is 11.9 Å². The number of hydrogen-bond acceptors (Lipinski definition) is 4. The summed E-state index contributed by atoms with van der Waals surface area (Å²) in [6.45, 7) is 1.14. The second-order valence-electron chi connectivity index (χ2n) is 5.29. The van der Waals surface area contributed by atoms with Crippen LogP contribution in [0.5, 0.6) is 0 Å². The van der Waals surface area contributed by atoms with E-state index in [9.17, 15) is 4.79 Å². The predicted molar refractivity (Wildman–Crippen MR) is 80.1 cm³/mol. The molecule has 1 aromatic heterocycles. The molecule has 0 unspecified atom stereocenters. The first-order valence-corrected chi connectivity index (χ1v) is 7.14. The molecule has 0 bridgehead atoms. The molecule has 3 rings (SSSR count). The van der Waals surface area contributed by atoms with E-state index in [-0.39, 0.29) is 11.9 Å². The molecule has 0 aliphatic carbocycles. The van der Waals surface area contributed by atoms with Gasteiger partial charge in [-0.15, -0.1) is 0 Å². The van der Waals surface area contributed by atoms with Gasteiger partial charge in [-0.2, -0.15) is 0 Å². The van der Waals surface area contributed by atoms with Crippen molar-refractivity contribution in [2.45, 2.75) is 32.4 Å². The molecule has 1 aromatic carbocycles. The highest BCUT2D eigenvalue weighted by atomic mass is 16.2. The van der Waals surface area contributed by atoms with Crippen LogP contribution in [0.2, 0.25) is 0 Å². The van der Waals surface area contributed by atoms with Crippen molar-refractivity contribution in [3.05, 3.63) is 53.3 Å². The summed E-state index contributed by atoms with van der Waals surface area (Å²) in [5, 5.41) is 0. The van der Waals surface area contributed by atoms with E-state index in [0.29, 0.717) is 19.5 Å². The molecule has 2 N–H and O–H groups in total. The van der Waals surface area contributed by atoms with Crippen molar-refractivity contribution in [2.75, 3.05) is 5.73 Å². The molecule has 0 radical (unpaired) electrons. The van der Waals surface area contributed by atoms with Crippen LogP contribution < -0.4 is 5.73 Å². The zero-order chi connectivity index (χ0) is 14.7. The molecule has 1 aliphatic rings. The molecule has 1 aliphatic heterocycles. The fourth-order valence-corrected chi connectivity index (χ4v) is 2.59. The van der Waals surface area contributed by atoms with E-state index in [4.69, 9.17) is 5.73 Å². The van der Waals surface area contributed by atoms with Gasteiger partial charge in [0.05, 0.1) is 12.2 Å². The number of amides is 1. The first-order chi connectivity index (χ1) is 10.2. The number of anilines is 1. The van der Waals surface area contributed by atoms with Crippen LogP contribution in [0.25, 0.3) is 0 Å². The summed E-state index contributed by atoms with van der Waals surface area (Å²) in [5.41, 5.74) is 8.72. The largest absolute Gasteiger partial charge is 0.368 e. The topological polar surface area (TPSA) is 72.1 Å². The van der Waals surface area contributed by atoms with Crippen LogP contribution >= 0.6 is 0 Å². The quantitative estimate of drug-likeness (QED) is 0.930. The molecule has 0 saturated carbocycles. The zero-order valence-corrected chi connectivity index (χ0v) is 11.8. The minimum atomic E-state index is 0.169. The van der Waals surface area contributed by atoms with Gasteiger partial charge in [0.25, 0.3) is 0 Å². The van der Waals surface area contributed by atoms with Crippen molar-refractivity contribution in [2.24, 2.45) is 0 Å². The molecule has 5 heteroatoms. The number of benzene rings is 1. The lowest BCUT2D eigenvalue weighted by atomic mass is 10.1. The van der Waals surface area contributed by atoms with E-state index in [2.05, 4.69) is 22.1 Å². The number of fused-ring (bicyclic) bond motifs is 1. The SMILES string of the molecule is Nc1ncc2c(n1)CN(C(=O)CCCc1ccccc1)C2. The Morgan fingerprint density at radius 3 is 2.86 bits per heavy atom. The molecular weight excluding hydrogens is 264 g/mol. The number of aryl methyl sites for hydroxylation is 1. The molecule has 0 spiro atoms. The van der Waals surface area contributed by atoms with Crippen molar-refractivity contribution in [3.63, 3.8) is 0 Å². The first kappa shape index (κ1) is 13.5. The average molecular weight is 282 g/mol. The van der Waals surface area contributed by atoms with Gasteiger partial charge in [0, 0.05) is 24.7 Å². The van der Waals surface area contributed by atoms with Gasteiger partial charge in [-0.1, -0.05) is 30.3 Å². The van der Waals surface area contributed by atoms with Crippen molar-refractivity contribution in [3.8, 4) is 0 Å². The lowest BCUT2D eigenvalue weighted by Crippen LogP contribution is -2.25. The maximum Gasteiger partial charge on any atom is 0.223 e. The van der Waals surface area contributed by atoms with Gasteiger partial charge < -0.3 is 10.6 Å². The van der Waals surface area contributed by atoms with Crippen LogP contribution in [0.1, 0.15) is 29.7 Å². The normalized spacial score (nSPS) is 13.2. The Bertz CT molecular complexity index is 642. The molecule has 0 atom stereocenters. The molecule has 2 aromatic rings. The van der Waals surface area contributed by atoms with Crippen LogP contribution in [-0.2, 0) is 24.3 Å². The maximum absolute atomic E-state index is 12.2. The highest BCUT2D eigenvalue weighted by molar-refractivity contribution is 5.76. The van der Waals surface area contributed by atoms with Crippen LogP contribution in [0, 0.1) is 0 Å². The summed E-state index contributed by atoms with van der Waals surface area (Å²) < 4.78 is 0. The molecule has 0 fully saturated rings. The Kier molecular flexibility index (Phi) is 3.81. The summed E-state index contributed by atoms with van der Waals surface area (Å²) >= 11 is 0. The van der Waals surface area contributed by atoms with Crippen molar-refractivity contribution in [1.82, 2.24) is 14.9 Å². The van der Waals surface area contributed by atoms with E-state index in [1.165, 1.54) is 5.56 Å². The average Bonchev–Trinajstić information content (AvgIpc) is 2.91. The monoisotopic (exact) mass is 282 g/mol. The van der Waals surface area contributed by atoms with Crippen molar-refractivity contribution < 1.29 is 4.79 Å². The third-order valence-corrected chi connectivity index (χ3v) is 3.73. The van der Waals surface area contributed by atoms with Gasteiger partial charge in [0.15, 0.2) is 0 Å². The molecular formula is C16H18N4O. The number of carbonyl (C=O) groups is 1. The molecule has 2 heterocycles. The van der Waals surface area contributed by atoms with E-state index < -0.39 is 0 Å². The van der Waals surface area contributed by atoms with Gasteiger partial charge in [-0.3, -0.25) is 4.79 Å². The minimum absolute atomic E-state index is 0.169. The summed E-state index contributed by atoms with van der Waals surface area (Å²) in [5.74, 6) is 0.439. The second kappa shape index (κ2) is 5.91. The Hall–Kier alpha value is -2.43. The van der Waals surface area contributed by atoms with Gasteiger partial charge in [-0.25, -0.2) is 9.97 Å². The number of rotatable bonds is 4. The Morgan fingerprint density at radius 1 is 1.24 bits per heavy atom. The standard InChI is InChI=1S/C16H18N4O/c17-16-18-9-13-10-20(11-14(13)19-16)15(21)8-4-7-12-5-2-1-3-6-12/h1-3,5-6,9H,4,7-8,10-11H2,(H2,17,18,19). The molecule has 1 amide bonds. The van der Waals surface area contributed by atoms with E-state index in [1.54, 1.807) is 6.20 Å². The van der Waals surface area contributed by atoms with Crippen LogP contribution in [-0.4, -0.2) is 20.8 Å². The number of nitrogen functional groups attached to an aromatic ring is 1. The van der Waals surface area contributed by atoms with Crippen LogP contribution in [0.4, 0.5) is 5.95 Å².